The number of fused-ring (bicyclic) bond motifs is 1. The fourth-order valence-corrected chi connectivity index (χ4v) is 3.70. The van der Waals surface area contributed by atoms with Gasteiger partial charge in [0.1, 0.15) is 11.4 Å². The highest BCUT2D eigenvalue weighted by molar-refractivity contribution is 6.00. The van der Waals surface area contributed by atoms with Crippen LogP contribution in [0.2, 0.25) is 0 Å². The molecule has 4 rings (SSSR count). The van der Waals surface area contributed by atoms with Crippen LogP contribution in [0.4, 0.5) is 19.0 Å². The zero-order chi connectivity index (χ0) is 20.6. The molecule has 152 valence electrons. The fraction of sp³-hybridized carbons (Fsp3) is 0.350. The molecule has 1 aromatic carbocycles. The van der Waals surface area contributed by atoms with Crippen LogP contribution in [-0.4, -0.2) is 37.5 Å². The molecule has 0 saturated heterocycles. The van der Waals surface area contributed by atoms with Gasteiger partial charge in [0.2, 0.25) is 0 Å². The van der Waals surface area contributed by atoms with Gasteiger partial charge in [0.25, 0.3) is 0 Å². The van der Waals surface area contributed by atoms with E-state index in [1.165, 1.54) is 6.07 Å². The highest BCUT2D eigenvalue weighted by Gasteiger charge is 2.31. The van der Waals surface area contributed by atoms with Gasteiger partial charge in [-0.15, -0.1) is 10.2 Å². The predicted octanol–water partition coefficient (Wildman–Crippen LogP) is 4.13. The molecule has 1 aliphatic rings. The Morgan fingerprint density at radius 2 is 1.90 bits per heavy atom. The lowest BCUT2D eigenvalue weighted by Gasteiger charge is -2.27. The minimum absolute atomic E-state index is 0.0433. The van der Waals surface area contributed by atoms with Crippen molar-refractivity contribution < 1.29 is 23.4 Å². The third-order valence-electron chi connectivity index (χ3n) is 5.15. The average molecular weight is 404 g/mol. The smallest absolute Gasteiger partial charge is 0.416 e. The lowest BCUT2D eigenvalue weighted by atomic mass is 9.93. The molecule has 0 amide bonds. The number of benzene rings is 1. The van der Waals surface area contributed by atoms with E-state index in [9.17, 15) is 23.4 Å². The first-order valence-corrected chi connectivity index (χ1v) is 9.28. The quantitative estimate of drug-likeness (QED) is 0.608. The number of phenolic OH excluding ortho intramolecular Hbond substituents is 1. The van der Waals surface area contributed by atoms with Gasteiger partial charge in [-0.05, 0) is 49.9 Å². The Labute approximate surface area is 164 Å². The first kappa shape index (κ1) is 19.4. The summed E-state index contributed by atoms with van der Waals surface area (Å²) in [7, 11) is 0. The summed E-state index contributed by atoms with van der Waals surface area (Å²) in [6.45, 7) is 0. The number of aliphatic hydroxyl groups excluding tert-OH is 1. The first-order valence-electron chi connectivity index (χ1n) is 9.28. The summed E-state index contributed by atoms with van der Waals surface area (Å²) in [5.74, 6) is -0.0364. The van der Waals surface area contributed by atoms with Gasteiger partial charge in [-0.2, -0.15) is 13.2 Å². The Morgan fingerprint density at radius 3 is 2.62 bits per heavy atom. The van der Waals surface area contributed by atoms with E-state index in [2.05, 4.69) is 20.5 Å². The van der Waals surface area contributed by atoms with Gasteiger partial charge in [0.15, 0.2) is 5.82 Å². The third-order valence-corrected chi connectivity index (χ3v) is 5.15. The molecule has 1 fully saturated rings. The highest BCUT2D eigenvalue weighted by atomic mass is 19.4. The van der Waals surface area contributed by atoms with Crippen LogP contribution in [0.3, 0.4) is 0 Å². The van der Waals surface area contributed by atoms with Crippen molar-refractivity contribution >= 4 is 16.6 Å². The Kier molecular flexibility index (Phi) is 4.99. The van der Waals surface area contributed by atoms with Crippen molar-refractivity contribution in [2.75, 3.05) is 5.32 Å². The molecule has 9 heteroatoms. The molecule has 1 aliphatic carbocycles. The normalized spacial score (nSPS) is 20.0. The number of phenols is 1. The van der Waals surface area contributed by atoms with Crippen LogP contribution in [-0.2, 0) is 6.18 Å². The summed E-state index contributed by atoms with van der Waals surface area (Å²) in [6.07, 6.45) is 1.40. The number of nitrogens with zero attached hydrogens (tertiary/aromatic N) is 3. The topological polar surface area (TPSA) is 91.2 Å². The minimum Gasteiger partial charge on any atom is -0.507 e. The summed E-state index contributed by atoms with van der Waals surface area (Å²) in [5, 5.41) is 33.0. The molecule has 3 aromatic rings. The molecule has 2 atom stereocenters. The van der Waals surface area contributed by atoms with Gasteiger partial charge >= 0.3 is 6.18 Å². The van der Waals surface area contributed by atoms with Crippen LogP contribution in [0.25, 0.3) is 22.0 Å². The minimum atomic E-state index is -4.55. The number of nitrogens with one attached hydrogen (secondary N) is 1. The third kappa shape index (κ3) is 3.95. The molecule has 0 bridgehead atoms. The Bertz CT molecular complexity index is 1040. The molecule has 0 aliphatic heterocycles. The molecular weight excluding hydrogens is 385 g/mol. The van der Waals surface area contributed by atoms with Crippen molar-refractivity contribution in [3.8, 4) is 17.0 Å². The number of rotatable bonds is 3. The van der Waals surface area contributed by atoms with E-state index < -0.39 is 17.5 Å². The van der Waals surface area contributed by atoms with Crippen LogP contribution >= 0.6 is 0 Å². The van der Waals surface area contributed by atoms with E-state index in [0.29, 0.717) is 29.1 Å². The predicted molar refractivity (Wildman–Crippen MR) is 101 cm³/mol. The number of aromatic nitrogens is 3. The SMILES string of the molecule is Oc1cc(C(F)(F)F)ccc1-c1nnc(N[C@H]2CCC[C@H](O)C2)c2cnccc12. The molecule has 6 nitrogen and oxygen atoms in total. The summed E-state index contributed by atoms with van der Waals surface area (Å²) in [5.41, 5.74) is -0.518. The number of alkyl halides is 3. The van der Waals surface area contributed by atoms with Crippen LogP contribution in [0.1, 0.15) is 31.2 Å². The van der Waals surface area contributed by atoms with Crippen molar-refractivity contribution in [1.82, 2.24) is 15.2 Å². The number of anilines is 1. The zero-order valence-corrected chi connectivity index (χ0v) is 15.3. The zero-order valence-electron chi connectivity index (χ0n) is 15.3. The van der Waals surface area contributed by atoms with Crippen molar-refractivity contribution in [3.05, 3.63) is 42.2 Å². The van der Waals surface area contributed by atoms with Crippen LogP contribution in [0.5, 0.6) is 5.75 Å². The number of aromatic hydroxyl groups is 1. The van der Waals surface area contributed by atoms with E-state index in [1.807, 2.05) is 0 Å². The van der Waals surface area contributed by atoms with Crippen LogP contribution in [0.15, 0.2) is 36.7 Å². The largest absolute Gasteiger partial charge is 0.507 e. The Morgan fingerprint density at radius 1 is 1.07 bits per heavy atom. The molecule has 1 saturated carbocycles. The summed E-state index contributed by atoms with van der Waals surface area (Å²) in [4.78, 5) is 4.12. The second-order valence-electron chi connectivity index (χ2n) is 7.21. The number of aliphatic hydroxyl groups is 1. The van der Waals surface area contributed by atoms with E-state index >= 15 is 0 Å². The number of halogens is 3. The Hall–Kier alpha value is -2.94. The van der Waals surface area contributed by atoms with Crippen LogP contribution in [0, 0.1) is 0 Å². The number of hydrogen-bond donors (Lipinski definition) is 3. The lowest BCUT2D eigenvalue weighted by molar-refractivity contribution is -0.137. The van der Waals surface area contributed by atoms with E-state index in [4.69, 9.17) is 0 Å². The molecule has 3 N–H and O–H groups in total. The van der Waals surface area contributed by atoms with Crippen molar-refractivity contribution in [2.45, 2.75) is 44.0 Å². The summed E-state index contributed by atoms with van der Waals surface area (Å²) in [6, 6.07) is 4.49. The molecule has 29 heavy (non-hydrogen) atoms. The molecule has 0 spiro atoms. The van der Waals surface area contributed by atoms with Gasteiger partial charge in [0.05, 0.1) is 11.7 Å². The molecule has 0 radical (unpaired) electrons. The molecular formula is C20H19F3N4O2. The van der Waals surface area contributed by atoms with Crippen molar-refractivity contribution in [1.29, 1.82) is 0 Å². The van der Waals surface area contributed by atoms with Crippen molar-refractivity contribution in [3.63, 3.8) is 0 Å². The maximum absolute atomic E-state index is 12.9. The molecule has 0 unspecified atom stereocenters. The van der Waals surface area contributed by atoms with E-state index in [1.54, 1.807) is 18.5 Å². The standard InChI is InChI=1S/C20H19F3N4O2/c21-20(22,23)11-4-5-15(17(29)8-11)18-14-6-7-24-10-16(14)19(27-26-18)25-12-2-1-3-13(28)9-12/h4-8,10,12-13,28-29H,1-3,9H2,(H,25,27)/t12-,13-/m0/s1. The van der Waals surface area contributed by atoms with Gasteiger partial charge in [-0.25, -0.2) is 0 Å². The van der Waals surface area contributed by atoms with Gasteiger partial charge in [-0.3, -0.25) is 4.98 Å². The maximum atomic E-state index is 12.9. The first-order chi connectivity index (χ1) is 13.8. The summed E-state index contributed by atoms with van der Waals surface area (Å²) >= 11 is 0. The number of hydrogen-bond acceptors (Lipinski definition) is 6. The number of pyridine rings is 1. The maximum Gasteiger partial charge on any atom is 0.416 e. The average Bonchev–Trinajstić information content (AvgIpc) is 2.68. The second kappa shape index (κ2) is 7.47. The molecule has 2 aromatic heterocycles. The van der Waals surface area contributed by atoms with E-state index in [-0.39, 0.29) is 23.4 Å². The summed E-state index contributed by atoms with van der Waals surface area (Å²) < 4.78 is 38.7. The Balaban J connectivity index is 1.74. The van der Waals surface area contributed by atoms with Gasteiger partial charge in [-0.1, -0.05) is 0 Å². The second-order valence-corrected chi connectivity index (χ2v) is 7.21. The van der Waals surface area contributed by atoms with Gasteiger partial charge in [0, 0.05) is 34.8 Å². The van der Waals surface area contributed by atoms with Gasteiger partial charge < -0.3 is 15.5 Å². The highest BCUT2D eigenvalue weighted by Crippen LogP contribution is 2.38. The lowest BCUT2D eigenvalue weighted by Crippen LogP contribution is -2.30. The fourth-order valence-electron chi connectivity index (χ4n) is 3.70. The van der Waals surface area contributed by atoms with E-state index in [0.717, 1.165) is 25.3 Å². The van der Waals surface area contributed by atoms with Crippen molar-refractivity contribution in [2.24, 2.45) is 0 Å². The monoisotopic (exact) mass is 404 g/mol. The van der Waals surface area contributed by atoms with Crippen LogP contribution < -0.4 is 5.32 Å². The molecule has 2 heterocycles.